The number of nitrogens with zero attached hydrogens (tertiary/aromatic N) is 5. The summed E-state index contributed by atoms with van der Waals surface area (Å²) in [6, 6.07) is 5.65. The van der Waals surface area contributed by atoms with E-state index in [9.17, 15) is 19.7 Å². The third kappa shape index (κ3) is 4.25. The number of ether oxygens (including phenoxy) is 2. The third-order valence-electron chi connectivity index (χ3n) is 4.03. The molecule has 0 bridgehead atoms. The first-order chi connectivity index (χ1) is 13.5. The van der Waals surface area contributed by atoms with Crippen molar-refractivity contribution in [3.63, 3.8) is 0 Å². The number of nitro groups is 1. The van der Waals surface area contributed by atoms with Gasteiger partial charge in [-0.3, -0.25) is 19.8 Å². The Bertz CT molecular complexity index is 880. The van der Waals surface area contributed by atoms with Crippen LogP contribution in [0, 0.1) is 10.1 Å². The van der Waals surface area contributed by atoms with E-state index in [-0.39, 0.29) is 49.0 Å². The van der Waals surface area contributed by atoms with Crippen LogP contribution >= 0.6 is 11.8 Å². The highest BCUT2D eigenvalue weighted by molar-refractivity contribution is 8.04. The monoisotopic (exact) mass is 405 g/mol. The van der Waals surface area contributed by atoms with Gasteiger partial charge in [-0.25, -0.2) is 4.79 Å². The van der Waals surface area contributed by atoms with Gasteiger partial charge in [0.05, 0.1) is 29.9 Å². The fourth-order valence-electron chi connectivity index (χ4n) is 2.67. The van der Waals surface area contributed by atoms with Crippen LogP contribution in [-0.4, -0.2) is 46.8 Å². The number of rotatable bonds is 9. The second-order valence-corrected chi connectivity index (χ2v) is 7.09. The molecule has 0 saturated carbocycles. The maximum Gasteiger partial charge on any atom is 0.356 e. The van der Waals surface area contributed by atoms with E-state index in [1.54, 1.807) is 0 Å². The lowest BCUT2D eigenvalue weighted by Gasteiger charge is -2.34. The summed E-state index contributed by atoms with van der Waals surface area (Å²) in [6.07, 6.45) is 0.339. The molecule has 11 nitrogen and oxygen atoms in total. The molecule has 1 amide bonds. The Labute approximate surface area is 163 Å². The molecule has 0 spiro atoms. The summed E-state index contributed by atoms with van der Waals surface area (Å²) in [5.74, 6) is -0.820. The number of esters is 1. The Morgan fingerprint density at radius 2 is 2.14 bits per heavy atom. The second kappa shape index (κ2) is 8.74. The molecule has 28 heavy (non-hydrogen) atoms. The van der Waals surface area contributed by atoms with Crippen LogP contribution in [0.2, 0.25) is 0 Å². The number of carbonyl (C=O) groups excluding carboxylic acids is 2. The Kier molecular flexibility index (Phi) is 6.14. The average Bonchev–Trinajstić information content (AvgIpc) is 2.98. The van der Waals surface area contributed by atoms with E-state index < -0.39 is 10.9 Å². The zero-order valence-corrected chi connectivity index (χ0v) is 15.3. The fraction of sp³-hybridized carbons (Fsp3) is 0.375. The van der Waals surface area contributed by atoms with Crippen LogP contribution < -0.4 is 0 Å². The molecule has 1 aromatic rings. The predicted molar refractivity (Wildman–Crippen MR) is 97.6 cm³/mol. The molecule has 0 radical (unpaired) electrons. The number of azide groups is 1. The van der Waals surface area contributed by atoms with Crippen molar-refractivity contribution in [1.29, 1.82) is 0 Å². The van der Waals surface area contributed by atoms with E-state index in [0.717, 1.165) is 0 Å². The highest BCUT2D eigenvalue weighted by atomic mass is 32.2. The van der Waals surface area contributed by atoms with E-state index in [0.29, 0.717) is 16.9 Å². The number of nitro benzene ring substituents is 1. The lowest BCUT2D eigenvalue weighted by molar-refractivity contribution is -0.384. The molecule has 0 aromatic heterocycles. The van der Waals surface area contributed by atoms with E-state index in [1.807, 2.05) is 0 Å². The predicted octanol–water partition coefficient (Wildman–Crippen LogP) is 2.48. The number of carbonyl (C=O) groups is 2. The Morgan fingerprint density at radius 1 is 1.39 bits per heavy atom. The third-order valence-corrected chi connectivity index (χ3v) is 5.28. The Balaban J connectivity index is 1.63. The highest BCUT2D eigenvalue weighted by Gasteiger charge is 2.48. The van der Waals surface area contributed by atoms with Gasteiger partial charge in [-0.15, -0.1) is 0 Å². The molecule has 12 heteroatoms. The topological polar surface area (TPSA) is 148 Å². The second-order valence-electron chi connectivity index (χ2n) is 5.82. The summed E-state index contributed by atoms with van der Waals surface area (Å²) in [7, 11) is 0. The number of hydrogen-bond donors (Lipinski definition) is 0. The van der Waals surface area contributed by atoms with E-state index in [1.165, 1.54) is 40.9 Å². The van der Waals surface area contributed by atoms with Crippen molar-refractivity contribution >= 4 is 29.3 Å². The van der Waals surface area contributed by atoms with Crippen LogP contribution in [0.25, 0.3) is 10.4 Å². The van der Waals surface area contributed by atoms with Gasteiger partial charge in [0.1, 0.15) is 12.3 Å². The molecule has 0 unspecified atom stereocenters. The van der Waals surface area contributed by atoms with Gasteiger partial charge >= 0.3 is 5.97 Å². The number of benzene rings is 1. The number of thioether (sulfide) groups is 1. The molecular formula is C16H15N5O6S. The van der Waals surface area contributed by atoms with Gasteiger partial charge in [0, 0.05) is 28.5 Å². The van der Waals surface area contributed by atoms with Gasteiger partial charge in [0.15, 0.2) is 0 Å². The molecule has 2 aliphatic rings. The van der Waals surface area contributed by atoms with Crippen molar-refractivity contribution in [1.82, 2.24) is 4.90 Å². The van der Waals surface area contributed by atoms with Crippen molar-refractivity contribution in [2.75, 3.05) is 19.8 Å². The summed E-state index contributed by atoms with van der Waals surface area (Å²) < 4.78 is 10.7. The maximum atomic E-state index is 12.6. The van der Waals surface area contributed by atoms with Crippen molar-refractivity contribution in [3.05, 3.63) is 61.0 Å². The number of fused-ring (bicyclic) bond motifs is 1. The van der Waals surface area contributed by atoms with Crippen LogP contribution in [0.3, 0.4) is 0 Å². The van der Waals surface area contributed by atoms with Crippen LogP contribution in [-0.2, 0) is 25.7 Å². The fourth-order valence-corrected chi connectivity index (χ4v) is 3.99. The molecule has 1 aromatic carbocycles. The number of β-lactam (4-membered cyclic amide) rings is 1. The van der Waals surface area contributed by atoms with Crippen LogP contribution in [0.1, 0.15) is 12.0 Å². The SMILES string of the molecule is [N-]=[N+]=NCCOCC1=C(C(=O)OCc2ccc([N+](=O)[O-])cc2)N2C(=O)C[C@H]2S1. The molecule has 2 heterocycles. The van der Waals surface area contributed by atoms with Crippen LogP contribution in [0.15, 0.2) is 40.0 Å². The normalized spacial score (nSPS) is 17.6. The standard InChI is InChI=1S/C16H15N5O6S/c17-19-18-5-6-26-9-12-15(20-13(22)7-14(20)28-12)16(23)27-8-10-1-3-11(4-2-10)21(24)25/h1-4,14H,5-9H2/t14-/m1/s1. The molecule has 2 aliphatic heterocycles. The molecular weight excluding hydrogens is 390 g/mol. The van der Waals surface area contributed by atoms with Gasteiger partial charge in [-0.1, -0.05) is 16.9 Å². The van der Waals surface area contributed by atoms with Crippen molar-refractivity contribution in [3.8, 4) is 0 Å². The first-order valence-corrected chi connectivity index (χ1v) is 9.10. The van der Waals surface area contributed by atoms with E-state index in [2.05, 4.69) is 10.0 Å². The zero-order valence-electron chi connectivity index (χ0n) is 14.5. The van der Waals surface area contributed by atoms with E-state index >= 15 is 0 Å². The minimum absolute atomic E-state index is 0.0563. The Hall–Kier alpha value is -3.08. The maximum absolute atomic E-state index is 12.6. The summed E-state index contributed by atoms with van der Waals surface area (Å²) in [6.45, 7) is 0.384. The van der Waals surface area contributed by atoms with Gasteiger partial charge in [0.2, 0.25) is 5.91 Å². The van der Waals surface area contributed by atoms with Crippen molar-refractivity contribution in [2.24, 2.45) is 5.11 Å². The average molecular weight is 405 g/mol. The minimum atomic E-state index is -0.657. The van der Waals surface area contributed by atoms with Crippen LogP contribution in [0.5, 0.6) is 0 Å². The van der Waals surface area contributed by atoms with Gasteiger partial charge in [-0.2, -0.15) is 0 Å². The highest BCUT2D eigenvalue weighted by Crippen LogP contribution is 2.46. The molecule has 146 valence electrons. The van der Waals surface area contributed by atoms with Gasteiger partial charge in [0.25, 0.3) is 5.69 Å². The smallest absolute Gasteiger partial charge is 0.356 e. The molecule has 0 N–H and O–H groups in total. The zero-order chi connectivity index (χ0) is 20.1. The molecule has 1 fully saturated rings. The van der Waals surface area contributed by atoms with Crippen molar-refractivity contribution < 1.29 is 24.0 Å². The Morgan fingerprint density at radius 3 is 2.79 bits per heavy atom. The quantitative estimate of drug-likeness (QED) is 0.0895. The molecule has 1 saturated heterocycles. The van der Waals surface area contributed by atoms with Gasteiger partial charge in [-0.05, 0) is 23.2 Å². The first kappa shape index (κ1) is 19.7. The summed E-state index contributed by atoms with van der Waals surface area (Å²) in [5, 5.41) is 13.9. The summed E-state index contributed by atoms with van der Waals surface area (Å²) >= 11 is 1.37. The number of non-ortho nitro benzene ring substituents is 1. The van der Waals surface area contributed by atoms with Crippen molar-refractivity contribution in [2.45, 2.75) is 18.4 Å². The number of hydrogen-bond acceptors (Lipinski definition) is 8. The summed E-state index contributed by atoms with van der Waals surface area (Å²) in [4.78, 5) is 39.2. The largest absolute Gasteiger partial charge is 0.456 e. The lowest BCUT2D eigenvalue weighted by Crippen LogP contribution is -2.48. The lowest BCUT2D eigenvalue weighted by atomic mass is 10.1. The van der Waals surface area contributed by atoms with E-state index in [4.69, 9.17) is 15.0 Å². The molecule has 0 aliphatic carbocycles. The minimum Gasteiger partial charge on any atom is -0.456 e. The summed E-state index contributed by atoms with van der Waals surface area (Å²) in [5.41, 5.74) is 8.94. The van der Waals surface area contributed by atoms with Gasteiger partial charge < -0.3 is 9.47 Å². The first-order valence-electron chi connectivity index (χ1n) is 8.22. The molecule has 3 rings (SSSR count). The number of amides is 1. The molecule has 1 atom stereocenters. The van der Waals surface area contributed by atoms with Crippen LogP contribution in [0.4, 0.5) is 5.69 Å².